The summed E-state index contributed by atoms with van der Waals surface area (Å²) in [4.78, 5) is 0.622. The van der Waals surface area contributed by atoms with E-state index < -0.39 is 0 Å². The molecule has 110 valence electrons. The van der Waals surface area contributed by atoms with Crippen LogP contribution in [0.5, 0.6) is 0 Å². The molecule has 4 heteroatoms. The Morgan fingerprint density at radius 3 is 2.90 bits per heavy atom. The summed E-state index contributed by atoms with van der Waals surface area (Å²) < 4.78 is 19.4. The Morgan fingerprint density at radius 1 is 1.40 bits per heavy atom. The Balaban J connectivity index is 1.54. The van der Waals surface area contributed by atoms with Crippen molar-refractivity contribution in [3.63, 3.8) is 0 Å². The third-order valence-corrected chi connectivity index (χ3v) is 5.74. The molecule has 1 aliphatic carbocycles. The van der Waals surface area contributed by atoms with Gasteiger partial charge in [-0.1, -0.05) is 12.1 Å². The number of aliphatic hydroxyl groups is 1. The van der Waals surface area contributed by atoms with Crippen LogP contribution in [0.2, 0.25) is 0 Å². The zero-order chi connectivity index (χ0) is 14.0. The lowest BCUT2D eigenvalue weighted by molar-refractivity contribution is -0.154. The zero-order valence-corrected chi connectivity index (χ0v) is 12.4. The first-order chi connectivity index (χ1) is 9.69. The average Bonchev–Trinajstić information content (AvgIpc) is 2.44. The maximum absolute atomic E-state index is 13.5. The van der Waals surface area contributed by atoms with Gasteiger partial charge in [0, 0.05) is 17.3 Å². The second kappa shape index (κ2) is 6.04. The minimum atomic E-state index is -0.374. The van der Waals surface area contributed by atoms with Gasteiger partial charge in [0.15, 0.2) is 0 Å². The molecule has 20 heavy (non-hydrogen) atoms. The number of halogens is 1. The monoisotopic (exact) mass is 296 g/mol. The summed E-state index contributed by atoms with van der Waals surface area (Å²) in [6.07, 6.45) is 5.02. The molecule has 1 aromatic carbocycles. The van der Waals surface area contributed by atoms with E-state index in [4.69, 9.17) is 4.74 Å². The highest BCUT2D eigenvalue weighted by atomic mass is 32.2. The van der Waals surface area contributed by atoms with Gasteiger partial charge in [0.2, 0.25) is 0 Å². The fraction of sp³-hybridized carbons (Fsp3) is 0.625. The molecule has 0 aromatic heterocycles. The van der Waals surface area contributed by atoms with Gasteiger partial charge in [0.1, 0.15) is 5.82 Å². The molecule has 0 amide bonds. The summed E-state index contributed by atoms with van der Waals surface area (Å²) in [5.74, 6) is 0.650. The van der Waals surface area contributed by atoms with Crippen molar-refractivity contribution >= 4 is 11.8 Å². The molecule has 2 aliphatic rings. The summed E-state index contributed by atoms with van der Waals surface area (Å²) in [6.45, 7) is 0.756. The molecule has 1 spiro atoms. The molecule has 2 nitrogen and oxygen atoms in total. The van der Waals surface area contributed by atoms with Crippen molar-refractivity contribution in [2.24, 2.45) is 5.92 Å². The van der Waals surface area contributed by atoms with Crippen molar-refractivity contribution in [1.29, 1.82) is 0 Å². The summed E-state index contributed by atoms with van der Waals surface area (Å²) in [7, 11) is 0. The second-order valence-corrected chi connectivity index (χ2v) is 7.01. The van der Waals surface area contributed by atoms with Crippen molar-refractivity contribution in [2.75, 3.05) is 12.4 Å². The molecule has 1 aromatic rings. The maximum Gasteiger partial charge on any atom is 0.136 e. The average molecular weight is 296 g/mol. The van der Waals surface area contributed by atoms with Crippen LogP contribution in [-0.4, -0.2) is 29.2 Å². The van der Waals surface area contributed by atoms with Crippen LogP contribution < -0.4 is 0 Å². The standard InChI is InChI=1S/C16H21FO2S/c17-13-4-1-2-5-15(13)20-11-14(18)12-6-9-19-16(10-12)7-3-8-16/h1-2,4-5,12,14,18H,3,6-11H2. The van der Waals surface area contributed by atoms with Crippen LogP contribution in [0.4, 0.5) is 4.39 Å². The first-order valence-corrected chi connectivity index (χ1v) is 8.36. The molecule has 1 saturated heterocycles. The van der Waals surface area contributed by atoms with Crippen molar-refractivity contribution in [2.45, 2.75) is 48.7 Å². The van der Waals surface area contributed by atoms with E-state index in [-0.39, 0.29) is 17.5 Å². The van der Waals surface area contributed by atoms with E-state index in [1.54, 1.807) is 12.1 Å². The van der Waals surface area contributed by atoms with Gasteiger partial charge in [0.25, 0.3) is 0 Å². The summed E-state index contributed by atoms with van der Waals surface area (Å²) >= 11 is 1.41. The SMILES string of the molecule is OC(CSc1ccccc1F)C1CCOC2(CCC2)C1. The van der Waals surface area contributed by atoms with Crippen molar-refractivity contribution in [1.82, 2.24) is 0 Å². The second-order valence-electron chi connectivity index (χ2n) is 5.95. The zero-order valence-electron chi connectivity index (χ0n) is 11.6. The third-order valence-electron chi connectivity index (χ3n) is 4.59. The number of hydrogen-bond donors (Lipinski definition) is 1. The highest BCUT2D eigenvalue weighted by Gasteiger charge is 2.44. The summed E-state index contributed by atoms with van der Waals surface area (Å²) in [5.41, 5.74) is 0.0621. The lowest BCUT2D eigenvalue weighted by atomic mass is 9.71. The van der Waals surface area contributed by atoms with E-state index in [1.165, 1.54) is 24.2 Å². The predicted molar refractivity (Wildman–Crippen MR) is 78.4 cm³/mol. The van der Waals surface area contributed by atoms with Gasteiger partial charge in [-0.25, -0.2) is 4.39 Å². The predicted octanol–water partition coefficient (Wildman–Crippen LogP) is 3.63. The number of rotatable bonds is 4. The Labute approximate surface area is 123 Å². The molecule has 2 unspecified atom stereocenters. The van der Waals surface area contributed by atoms with Crippen LogP contribution in [0.25, 0.3) is 0 Å². The topological polar surface area (TPSA) is 29.5 Å². The van der Waals surface area contributed by atoms with E-state index in [1.807, 2.05) is 6.07 Å². The van der Waals surface area contributed by atoms with Crippen LogP contribution in [0.15, 0.2) is 29.2 Å². The molecule has 1 N–H and O–H groups in total. The molecule has 3 rings (SSSR count). The number of thioether (sulfide) groups is 1. The van der Waals surface area contributed by atoms with E-state index in [0.29, 0.717) is 16.6 Å². The van der Waals surface area contributed by atoms with E-state index in [0.717, 1.165) is 32.3 Å². The van der Waals surface area contributed by atoms with Crippen LogP contribution in [0.1, 0.15) is 32.1 Å². The van der Waals surface area contributed by atoms with Crippen LogP contribution in [0.3, 0.4) is 0 Å². The van der Waals surface area contributed by atoms with Gasteiger partial charge < -0.3 is 9.84 Å². The van der Waals surface area contributed by atoms with Gasteiger partial charge in [-0.15, -0.1) is 11.8 Å². The fourth-order valence-corrected chi connectivity index (χ4v) is 4.19. The third kappa shape index (κ3) is 3.02. The van der Waals surface area contributed by atoms with Crippen molar-refractivity contribution in [3.8, 4) is 0 Å². The lowest BCUT2D eigenvalue weighted by Gasteiger charge is -2.48. The molecule has 0 radical (unpaired) electrons. The Hall–Kier alpha value is -0.580. The van der Waals surface area contributed by atoms with Crippen LogP contribution in [-0.2, 0) is 4.74 Å². The number of hydrogen-bond acceptors (Lipinski definition) is 3. The molecule has 1 saturated carbocycles. The van der Waals surface area contributed by atoms with Crippen molar-refractivity contribution in [3.05, 3.63) is 30.1 Å². The first kappa shape index (κ1) is 14.4. The minimum absolute atomic E-state index is 0.0621. The van der Waals surface area contributed by atoms with Crippen LogP contribution >= 0.6 is 11.8 Å². The molecule has 0 bridgehead atoms. The Kier molecular flexibility index (Phi) is 4.34. The number of ether oxygens (including phenoxy) is 1. The first-order valence-electron chi connectivity index (χ1n) is 7.38. The minimum Gasteiger partial charge on any atom is -0.392 e. The normalized spacial score (nSPS) is 26.2. The molecule has 1 aliphatic heterocycles. The van der Waals surface area contributed by atoms with E-state index >= 15 is 0 Å². The van der Waals surface area contributed by atoms with Gasteiger partial charge >= 0.3 is 0 Å². The van der Waals surface area contributed by atoms with Crippen molar-refractivity contribution < 1.29 is 14.2 Å². The smallest absolute Gasteiger partial charge is 0.136 e. The van der Waals surface area contributed by atoms with E-state index in [2.05, 4.69) is 0 Å². The quantitative estimate of drug-likeness (QED) is 0.860. The molecular weight excluding hydrogens is 275 g/mol. The number of benzene rings is 1. The van der Waals surface area contributed by atoms with Gasteiger partial charge in [-0.2, -0.15) is 0 Å². The van der Waals surface area contributed by atoms with Gasteiger partial charge in [-0.05, 0) is 50.2 Å². The number of aliphatic hydroxyl groups excluding tert-OH is 1. The highest BCUT2D eigenvalue weighted by Crippen LogP contribution is 2.45. The molecular formula is C16H21FO2S. The lowest BCUT2D eigenvalue weighted by Crippen LogP contribution is -2.48. The van der Waals surface area contributed by atoms with E-state index in [9.17, 15) is 9.50 Å². The Morgan fingerprint density at radius 2 is 2.20 bits per heavy atom. The van der Waals surface area contributed by atoms with Gasteiger partial charge in [-0.3, -0.25) is 0 Å². The van der Waals surface area contributed by atoms with Crippen LogP contribution in [0, 0.1) is 11.7 Å². The Bertz CT molecular complexity index is 462. The largest absolute Gasteiger partial charge is 0.392 e. The highest BCUT2D eigenvalue weighted by molar-refractivity contribution is 7.99. The molecule has 1 heterocycles. The molecule has 2 fully saturated rings. The fourth-order valence-electron chi connectivity index (χ4n) is 3.19. The summed E-state index contributed by atoms with van der Waals surface area (Å²) in [5, 5.41) is 10.4. The molecule has 2 atom stereocenters. The maximum atomic E-state index is 13.5. The van der Waals surface area contributed by atoms with Gasteiger partial charge in [0.05, 0.1) is 11.7 Å². The summed E-state index contributed by atoms with van der Waals surface area (Å²) in [6, 6.07) is 6.75.